The molecule has 3 nitrogen and oxygen atoms in total. The molecule has 92 valence electrons. The van der Waals surface area contributed by atoms with Crippen molar-refractivity contribution in [3.8, 4) is 0 Å². The first-order valence-electron chi connectivity index (χ1n) is 5.45. The fourth-order valence-electron chi connectivity index (χ4n) is 1.54. The molecule has 2 rings (SSSR count). The molecule has 4 heteroatoms. The maximum absolute atomic E-state index is 11.1. The summed E-state index contributed by atoms with van der Waals surface area (Å²) >= 11 is -4.75. The van der Waals surface area contributed by atoms with Crippen LogP contribution in [0.2, 0.25) is 0 Å². The summed E-state index contributed by atoms with van der Waals surface area (Å²) in [5.74, 6) is 0. The normalized spacial score (nSPS) is 11.9. The van der Waals surface area contributed by atoms with Crippen molar-refractivity contribution in [2.45, 2.75) is 0 Å². The molecule has 0 amide bonds. The van der Waals surface area contributed by atoms with Crippen LogP contribution in [0.1, 0.15) is 11.1 Å². The van der Waals surface area contributed by atoms with Crippen LogP contribution < -0.4 is 4.35 Å². The third kappa shape index (κ3) is 3.47. The summed E-state index contributed by atoms with van der Waals surface area (Å²) in [4.78, 5) is 0. The van der Waals surface area contributed by atoms with Gasteiger partial charge >= 0.3 is 108 Å². The summed E-state index contributed by atoms with van der Waals surface area (Å²) < 4.78 is 29.2. The zero-order valence-corrected chi connectivity index (χ0v) is 11.5. The molecule has 0 heterocycles. The fourth-order valence-corrected chi connectivity index (χ4v) is 2.66. The van der Waals surface area contributed by atoms with Crippen LogP contribution >= 0.6 is 0 Å². The van der Waals surface area contributed by atoms with E-state index in [1.165, 1.54) is 12.1 Å². The van der Waals surface area contributed by atoms with E-state index in [-0.39, 0.29) is 4.35 Å². The second-order valence-electron chi connectivity index (χ2n) is 3.88. The van der Waals surface area contributed by atoms with E-state index in [9.17, 15) is 3.74 Å². The van der Waals surface area contributed by atoms with E-state index in [0.29, 0.717) is 0 Å². The van der Waals surface area contributed by atoms with Crippen LogP contribution in [0.15, 0.2) is 54.6 Å². The molecular weight excluding hydrogens is 291 g/mol. The zero-order valence-electron chi connectivity index (χ0n) is 9.60. The van der Waals surface area contributed by atoms with Crippen molar-refractivity contribution in [1.82, 2.24) is 0 Å². The average molecular weight is 304 g/mol. The molecule has 0 saturated carbocycles. The van der Waals surface area contributed by atoms with Crippen molar-refractivity contribution in [3.63, 3.8) is 0 Å². The average Bonchev–Trinajstić information content (AvgIpc) is 2.37. The molecule has 0 spiro atoms. The molecule has 0 aliphatic carbocycles. The molecule has 0 unspecified atom stereocenters. The summed E-state index contributed by atoms with van der Waals surface area (Å²) in [6.07, 6.45) is 3.86. The van der Waals surface area contributed by atoms with Gasteiger partial charge in [-0.15, -0.1) is 0 Å². The van der Waals surface area contributed by atoms with Gasteiger partial charge in [0.2, 0.25) is 0 Å². The molecule has 0 fully saturated rings. The van der Waals surface area contributed by atoms with Crippen molar-refractivity contribution in [1.29, 1.82) is 0 Å². The minimum absolute atomic E-state index is 0.102. The molecule has 0 bridgehead atoms. The maximum atomic E-state index is 11.1. The van der Waals surface area contributed by atoms with Crippen molar-refractivity contribution in [2.75, 3.05) is 0 Å². The van der Waals surface area contributed by atoms with Gasteiger partial charge in [-0.3, -0.25) is 0 Å². The minimum atomic E-state index is -4.75. The van der Waals surface area contributed by atoms with Gasteiger partial charge in [0, 0.05) is 0 Å². The van der Waals surface area contributed by atoms with E-state index in [0.717, 1.165) is 11.1 Å². The number of hydrogen-bond donors (Lipinski definition) is 2. The summed E-state index contributed by atoms with van der Waals surface area (Å²) in [6, 6.07) is 16.2. The topological polar surface area (TPSA) is 57.5 Å². The third-order valence-corrected chi connectivity index (χ3v) is 4.53. The van der Waals surface area contributed by atoms with Gasteiger partial charge in [-0.1, -0.05) is 0 Å². The van der Waals surface area contributed by atoms with Crippen molar-refractivity contribution in [3.05, 3.63) is 65.7 Å². The van der Waals surface area contributed by atoms with Gasteiger partial charge < -0.3 is 0 Å². The molecule has 0 radical (unpaired) electrons. The van der Waals surface area contributed by atoms with E-state index < -0.39 is 14.2 Å². The Morgan fingerprint density at radius 3 is 1.78 bits per heavy atom. The Bertz CT molecular complexity index is 582. The Hall–Kier alpha value is -1.54. The molecule has 0 aliphatic rings. The van der Waals surface area contributed by atoms with Crippen LogP contribution in [0.25, 0.3) is 12.2 Å². The van der Waals surface area contributed by atoms with Crippen molar-refractivity contribution in [2.24, 2.45) is 0 Å². The van der Waals surface area contributed by atoms with Crippen molar-refractivity contribution < 1.29 is 11.9 Å². The molecule has 0 aliphatic heterocycles. The predicted octanol–water partition coefficient (Wildman–Crippen LogP) is 1.42. The quantitative estimate of drug-likeness (QED) is 0.666. The monoisotopic (exact) mass is 304 g/mol. The first-order valence-corrected chi connectivity index (χ1v) is 8.83. The molecule has 0 atom stereocenters. The van der Waals surface area contributed by atoms with Gasteiger partial charge in [0.1, 0.15) is 0 Å². The van der Waals surface area contributed by atoms with Crippen LogP contribution in [0.5, 0.6) is 0 Å². The molecule has 0 saturated heterocycles. The second kappa shape index (κ2) is 5.40. The number of rotatable bonds is 3. The molecule has 0 aromatic heterocycles. The van der Waals surface area contributed by atoms with Crippen LogP contribution in [-0.2, 0) is 3.74 Å². The standard InChI is InChI=1S/C14H13AsO3/c16-15(17,18)14-10-8-13(9-11-14)7-6-12-4-2-1-3-5-12/h1-11H,(H2,16,17,18). The second-order valence-corrected chi connectivity index (χ2v) is 7.25. The fraction of sp³-hybridized carbons (Fsp3) is 0. The van der Waals surface area contributed by atoms with E-state index >= 15 is 0 Å². The molecule has 2 N–H and O–H groups in total. The summed E-state index contributed by atoms with van der Waals surface area (Å²) in [5, 5.41) is 0. The van der Waals surface area contributed by atoms with E-state index in [4.69, 9.17) is 8.19 Å². The van der Waals surface area contributed by atoms with Crippen LogP contribution in [0, 0.1) is 0 Å². The van der Waals surface area contributed by atoms with Crippen LogP contribution in [0.3, 0.4) is 0 Å². The zero-order chi connectivity index (χ0) is 13.0. The number of benzene rings is 2. The SMILES string of the molecule is O=[As](O)(O)c1ccc(C=Cc2ccccc2)cc1. The third-order valence-electron chi connectivity index (χ3n) is 2.50. The summed E-state index contributed by atoms with van der Waals surface area (Å²) in [5.41, 5.74) is 1.99. The van der Waals surface area contributed by atoms with E-state index in [1.807, 2.05) is 42.5 Å². The first kappa shape index (κ1) is 12.9. The van der Waals surface area contributed by atoms with Gasteiger partial charge in [0.05, 0.1) is 0 Å². The molecule has 2 aromatic rings. The van der Waals surface area contributed by atoms with Gasteiger partial charge in [-0.2, -0.15) is 0 Å². The molecule has 2 aromatic carbocycles. The van der Waals surface area contributed by atoms with Gasteiger partial charge in [0.25, 0.3) is 0 Å². The Labute approximate surface area is 108 Å². The summed E-state index contributed by atoms with van der Waals surface area (Å²) in [6.45, 7) is 0. The summed E-state index contributed by atoms with van der Waals surface area (Å²) in [7, 11) is 0. The van der Waals surface area contributed by atoms with E-state index in [2.05, 4.69) is 0 Å². The Morgan fingerprint density at radius 1 is 0.778 bits per heavy atom. The Kier molecular flexibility index (Phi) is 3.87. The Balaban J connectivity index is 2.17. The Morgan fingerprint density at radius 2 is 1.28 bits per heavy atom. The van der Waals surface area contributed by atoms with Crippen LogP contribution in [-0.4, -0.2) is 22.4 Å². The van der Waals surface area contributed by atoms with Crippen LogP contribution in [0.4, 0.5) is 0 Å². The molecule has 18 heavy (non-hydrogen) atoms. The number of hydrogen-bond acceptors (Lipinski definition) is 1. The van der Waals surface area contributed by atoms with Gasteiger partial charge in [-0.25, -0.2) is 0 Å². The van der Waals surface area contributed by atoms with Crippen molar-refractivity contribution >= 4 is 30.7 Å². The van der Waals surface area contributed by atoms with Gasteiger partial charge in [0.15, 0.2) is 0 Å². The van der Waals surface area contributed by atoms with E-state index in [1.54, 1.807) is 12.1 Å². The molecular formula is C14H13AsO3. The predicted molar refractivity (Wildman–Crippen MR) is 72.3 cm³/mol. The van der Waals surface area contributed by atoms with Gasteiger partial charge in [-0.05, 0) is 0 Å². The first-order chi connectivity index (χ1) is 8.55.